The van der Waals surface area contributed by atoms with E-state index in [0.717, 1.165) is 18.6 Å². The molecule has 0 bridgehead atoms. The quantitative estimate of drug-likeness (QED) is 0.861. The normalized spacial score (nSPS) is 35.7. The van der Waals surface area contributed by atoms with E-state index >= 15 is 0 Å². The smallest absolute Gasteiger partial charge is 0.0223 e. The second kappa shape index (κ2) is 6.33. The zero-order valence-corrected chi connectivity index (χ0v) is 13.3. The highest BCUT2D eigenvalue weighted by Crippen LogP contribution is 2.37. The van der Waals surface area contributed by atoms with Gasteiger partial charge >= 0.3 is 0 Å². The lowest BCUT2D eigenvalue weighted by Crippen LogP contribution is -2.61. The number of hydrogen-bond acceptors (Lipinski definition) is 3. The Morgan fingerprint density at radius 3 is 2.60 bits per heavy atom. The molecule has 0 radical (unpaired) electrons. The van der Waals surface area contributed by atoms with Crippen LogP contribution in [0, 0.1) is 5.41 Å². The van der Waals surface area contributed by atoms with Crippen LogP contribution < -0.4 is 5.73 Å². The SMILES string of the molecule is CC1CN2CCCCC2CN1CC1(CN)CCCCC1. The highest BCUT2D eigenvalue weighted by molar-refractivity contribution is 4.94. The molecule has 2 aliphatic heterocycles. The minimum absolute atomic E-state index is 0.434. The Kier molecular flexibility index (Phi) is 4.68. The lowest BCUT2D eigenvalue weighted by molar-refractivity contribution is -0.0129. The molecule has 0 aromatic carbocycles. The third-order valence-corrected chi connectivity index (χ3v) is 6.20. The van der Waals surface area contributed by atoms with Crippen molar-refractivity contribution in [2.24, 2.45) is 11.1 Å². The summed E-state index contributed by atoms with van der Waals surface area (Å²) in [6.07, 6.45) is 11.2. The van der Waals surface area contributed by atoms with Crippen molar-refractivity contribution in [3.8, 4) is 0 Å². The number of fused-ring (bicyclic) bond motifs is 1. The van der Waals surface area contributed by atoms with E-state index in [2.05, 4.69) is 16.7 Å². The first kappa shape index (κ1) is 14.8. The third kappa shape index (κ3) is 3.05. The summed E-state index contributed by atoms with van der Waals surface area (Å²) in [6, 6.07) is 1.55. The van der Waals surface area contributed by atoms with Gasteiger partial charge in [0, 0.05) is 31.7 Å². The van der Waals surface area contributed by atoms with Crippen LogP contribution in [0.4, 0.5) is 0 Å². The zero-order chi connectivity index (χ0) is 14.0. The second-order valence-electron chi connectivity index (χ2n) is 7.69. The van der Waals surface area contributed by atoms with Gasteiger partial charge < -0.3 is 5.73 Å². The van der Waals surface area contributed by atoms with E-state index < -0.39 is 0 Å². The predicted molar refractivity (Wildman–Crippen MR) is 84.8 cm³/mol. The van der Waals surface area contributed by atoms with E-state index in [1.165, 1.54) is 77.5 Å². The maximum Gasteiger partial charge on any atom is 0.0223 e. The van der Waals surface area contributed by atoms with E-state index in [4.69, 9.17) is 5.73 Å². The molecule has 3 aliphatic rings. The summed E-state index contributed by atoms with van der Waals surface area (Å²) in [6.45, 7) is 8.50. The van der Waals surface area contributed by atoms with Crippen LogP contribution >= 0.6 is 0 Å². The van der Waals surface area contributed by atoms with Crippen LogP contribution in [-0.4, -0.2) is 54.6 Å². The first-order valence-electron chi connectivity index (χ1n) is 8.91. The van der Waals surface area contributed by atoms with Crippen LogP contribution in [0.2, 0.25) is 0 Å². The van der Waals surface area contributed by atoms with Gasteiger partial charge in [0.25, 0.3) is 0 Å². The molecule has 2 atom stereocenters. The van der Waals surface area contributed by atoms with Gasteiger partial charge in [0.2, 0.25) is 0 Å². The molecule has 2 N–H and O–H groups in total. The standard InChI is InChI=1S/C17H33N3/c1-15-11-19-10-6-3-7-16(19)12-20(15)14-17(13-18)8-4-2-5-9-17/h15-16H,2-14,18H2,1H3. The molecular formula is C17H33N3. The van der Waals surface area contributed by atoms with E-state index in [0.29, 0.717) is 5.41 Å². The molecule has 2 heterocycles. The molecular weight excluding hydrogens is 246 g/mol. The second-order valence-corrected chi connectivity index (χ2v) is 7.69. The van der Waals surface area contributed by atoms with Gasteiger partial charge in [0.05, 0.1) is 0 Å². The Labute approximate surface area is 124 Å². The summed E-state index contributed by atoms with van der Waals surface area (Å²) in [5, 5.41) is 0. The van der Waals surface area contributed by atoms with Crippen LogP contribution in [0.3, 0.4) is 0 Å². The van der Waals surface area contributed by atoms with Gasteiger partial charge in [-0.1, -0.05) is 25.7 Å². The van der Waals surface area contributed by atoms with E-state index in [1.807, 2.05) is 0 Å². The molecule has 2 unspecified atom stereocenters. The molecule has 0 amide bonds. The van der Waals surface area contributed by atoms with Crippen molar-refractivity contribution < 1.29 is 0 Å². The minimum atomic E-state index is 0.434. The highest BCUT2D eigenvalue weighted by atomic mass is 15.3. The number of piperidine rings is 1. The third-order valence-electron chi connectivity index (χ3n) is 6.20. The van der Waals surface area contributed by atoms with Crippen molar-refractivity contribution in [2.75, 3.05) is 32.7 Å². The summed E-state index contributed by atoms with van der Waals surface area (Å²) < 4.78 is 0. The molecule has 0 aromatic rings. The lowest BCUT2D eigenvalue weighted by Gasteiger charge is -2.50. The Balaban J connectivity index is 1.63. The highest BCUT2D eigenvalue weighted by Gasteiger charge is 2.38. The Hall–Kier alpha value is -0.120. The fraction of sp³-hybridized carbons (Fsp3) is 1.00. The molecule has 2 saturated heterocycles. The van der Waals surface area contributed by atoms with Crippen molar-refractivity contribution >= 4 is 0 Å². The number of nitrogens with two attached hydrogens (primary N) is 1. The van der Waals surface area contributed by atoms with Gasteiger partial charge in [-0.3, -0.25) is 9.80 Å². The van der Waals surface area contributed by atoms with Crippen LogP contribution in [0.15, 0.2) is 0 Å². The lowest BCUT2D eigenvalue weighted by atomic mass is 9.73. The molecule has 20 heavy (non-hydrogen) atoms. The van der Waals surface area contributed by atoms with Crippen molar-refractivity contribution in [3.05, 3.63) is 0 Å². The molecule has 3 fully saturated rings. The number of hydrogen-bond donors (Lipinski definition) is 1. The van der Waals surface area contributed by atoms with Crippen molar-refractivity contribution in [2.45, 2.75) is 70.4 Å². The summed E-state index contributed by atoms with van der Waals surface area (Å²) in [5.41, 5.74) is 6.63. The Morgan fingerprint density at radius 1 is 1.05 bits per heavy atom. The van der Waals surface area contributed by atoms with Gasteiger partial charge in [-0.05, 0) is 51.1 Å². The van der Waals surface area contributed by atoms with Crippen molar-refractivity contribution in [1.29, 1.82) is 0 Å². The largest absolute Gasteiger partial charge is 0.330 e. The Bertz CT molecular complexity index is 311. The molecule has 1 aliphatic carbocycles. The van der Waals surface area contributed by atoms with Gasteiger partial charge in [0.15, 0.2) is 0 Å². The molecule has 3 heteroatoms. The van der Waals surface area contributed by atoms with Gasteiger partial charge in [-0.2, -0.15) is 0 Å². The number of rotatable bonds is 3. The van der Waals surface area contributed by atoms with Gasteiger partial charge in [-0.25, -0.2) is 0 Å². The fourth-order valence-electron chi connectivity index (χ4n) is 4.79. The maximum atomic E-state index is 6.20. The van der Waals surface area contributed by atoms with Crippen molar-refractivity contribution in [1.82, 2.24) is 9.80 Å². The summed E-state index contributed by atoms with van der Waals surface area (Å²) in [5.74, 6) is 0. The monoisotopic (exact) mass is 279 g/mol. The molecule has 3 nitrogen and oxygen atoms in total. The first-order chi connectivity index (χ1) is 9.72. The van der Waals surface area contributed by atoms with Crippen LogP contribution in [0.1, 0.15) is 58.3 Å². The van der Waals surface area contributed by atoms with Crippen molar-refractivity contribution in [3.63, 3.8) is 0 Å². The summed E-state index contributed by atoms with van der Waals surface area (Å²) in [7, 11) is 0. The van der Waals surface area contributed by atoms with E-state index in [1.54, 1.807) is 0 Å². The number of nitrogens with zero attached hydrogens (tertiary/aromatic N) is 2. The van der Waals surface area contributed by atoms with Gasteiger partial charge in [0.1, 0.15) is 0 Å². The Morgan fingerprint density at radius 2 is 1.85 bits per heavy atom. The molecule has 0 spiro atoms. The maximum absolute atomic E-state index is 6.20. The zero-order valence-electron chi connectivity index (χ0n) is 13.3. The fourth-order valence-corrected chi connectivity index (χ4v) is 4.79. The molecule has 3 rings (SSSR count). The number of piperazine rings is 1. The van der Waals surface area contributed by atoms with E-state index in [9.17, 15) is 0 Å². The average molecular weight is 279 g/mol. The van der Waals surface area contributed by atoms with Crippen LogP contribution in [0.5, 0.6) is 0 Å². The summed E-state index contributed by atoms with van der Waals surface area (Å²) >= 11 is 0. The first-order valence-corrected chi connectivity index (χ1v) is 8.91. The molecule has 1 saturated carbocycles. The van der Waals surface area contributed by atoms with Crippen LogP contribution in [0.25, 0.3) is 0 Å². The minimum Gasteiger partial charge on any atom is -0.330 e. The average Bonchev–Trinajstić information content (AvgIpc) is 2.49. The topological polar surface area (TPSA) is 32.5 Å². The summed E-state index contributed by atoms with van der Waals surface area (Å²) in [4.78, 5) is 5.53. The van der Waals surface area contributed by atoms with Crippen LogP contribution in [-0.2, 0) is 0 Å². The van der Waals surface area contributed by atoms with E-state index in [-0.39, 0.29) is 0 Å². The molecule has 0 aromatic heterocycles. The van der Waals surface area contributed by atoms with Gasteiger partial charge in [-0.15, -0.1) is 0 Å². The molecule has 116 valence electrons. The predicted octanol–water partition coefficient (Wildman–Crippen LogP) is 2.45.